The largest absolute Gasteiger partial charge is 0.312 e. The Morgan fingerprint density at radius 3 is 2.54 bits per heavy atom. The van der Waals surface area contributed by atoms with Crippen molar-refractivity contribution in [1.82, 2.24) is 10.3 Å². The van der Waals surface area contributed by atoms with Crippen LogP contribution in [0.4, 0.5) is 0 Å². The number of halogens is 1. The van der Waals surface area contributed by atoms with Crippen molar-refractivity contribution < 1.29 is 0 Å². The fourth-order valence-electron chi connectivity index (χ4n) is 2.40. The summed E-state index contributed by atoms with van der Waals surface area (Å²) >= 11 is 7.93. The highest BCUT2D eigenvalue weighted by atomic mass is 35.5. The van der Waals surface area contributed by atoms with E-state index in [0.29, 0.717) is 0 Å². The zero-order valence-corrected chi connectivity index (χ0v) is 14.9. The van der Waals surface area contributed by atoms with Crippen LogP contribution in [0.25, 0.3) is 11.1 Å². The van der Waals surface area contributed by atoms with Crippen LogP contribution >= 0.6 is 23.4 Å². The molecule has 3 aromatic rings. The molecular formula is C20H19ClN2S. The van der Waals surface area contributed by atoms with E-state index in [1.165, 1.54) is 11.1 Å². The van der Waals surface area contributed by atoms with Crippen LogP contribution in [0.5, 0.6) is 0 Å². The highest BCUT2D eigenvalue weighted by molar-refractivity contribution is 7.99. The van der Waals surface area contributed by atoms with Crippen LogP contribution in [-0.2, 0) is 6.54 Å². The Morgan fingerprint density at radius 1 is 0.917 bits per heavy atom. The topological polar surface area (TPSA) is 24.9 Å². The van der Waals surface area contributed by atoms with Crippen LogP contribution in [0, 0.1) is 0 Å². The summed E-state index contributed by atoms with van der Waals surface area (Å²) in [5, 5.41) is 4.29. The number of nitrogens with one attached hydrogen (secondary N) is 1. The van der Waals surface area contributed by atoms with E-state index in [9.17, 15) is 0 Å². The smallest absolute Gasteiger partial charge is 0.0541 e. The van der Waals surface area contributed by atoms with Gasteiger partial charge in [-0.15, -0.1) is 11.8 Å². The minimum Gasteiger partial charge on any atom is -0.312 e. The zero-order valence-electron chi connectivity index (χ0n) is 13.3. The van der Waals surface area contributed by atoms with Gasteiger partial charge in [0.05, 0.1) is 5.02 Å². The van der Waals surface area contributed by atoms with Gasteiger partial charge in [0.25, 0.3) is 0 Å². The minimum atomic E-state index is 0.816. The molecule has 2 nitrogen and oxygen atoms in total. The summed E-state index contributed by atoms with van der Waals surface area (Å²) < 4.78 is 0. The molecule has 3 rings (SSSR count). The van der Waals surface area contributed by atoms with Crippen molar-refractivity contribution in [3.8, 4) is 11.1 Å². The van der Waals surface area contributed by atoms with Crippen molar-refractivity contribution >= 4 is 23.4 Å². The maximum absolute atomic E-state index is 6.16. The summed E-state index contributed by atoms with van der Waals surface area (Å²) in [6, 6.07) is 20.5. The van der Waals surface area contributed by atoms with Crippen LogP contribution in [0.15, 0.2) is 78.0 Å². The van der Waals surface area contributed by atoms with Crippen molar-refractivity contribution in [1.29, 1.82) is 0 Å². The van der Waals surface area contributed by atoms with Gasteiger partial charge < -0.3 is 5.32 Å². The molecule has 24 heavy (non-hydrogen) atoms. The molecule has 1 N–H and O–H groups in total. The van der Waals surface area contributed by atoms with Crippen molar-refractivity contribution in [3.05, 3.63) is 83.6 Å². The monoisotopic (exact) mass is 354 g/mol. The summed E-state index contributed by atoms with van der Waals surface area (Å²) in [5.74, 6) is 0.982. The Bertz CT molecular complexity index is 777. The van der Waals surface area contributed by atoms with Gasteiger partial charge >= 0.3 is 0 Å². The Kier molecular flexibility index (Phi) is 6.30. The first-order valence-electron chi connectivity index (χ1n) is 7.90. The molecule has 0 fully saturated rings. The molecule has 4 heteroatoms. The predicted molar refractivity (Wildman–Crippen MR) is 104 cm³/mol. The number of hydrogen-bond acceptors (Lipinski definition) is 3. The lowest BCUT2D eigenvalue weighted by Gasteiger charge is -2.07. The lowest BCUT2D eigenvalue weighted by atomic mass is 10.1. The molecule has 0 spiro atoms. The van der Waals surface area contributed by atoms with Gasteiger partial charge in [0.15, 0.2) is 0 Å². The molecule has 0 saturated heterocycles. The number of rotatable bonds is 7. The number of pyridine rings is 1. The van der Waals surface area contributed by atoms with Crippen molar-refractivity contribution in [2.75, 3.05) is 12.3 Å². The molecule has 0 saturated carbocycles. The van der Waals surface area contributed by atoms with Gasteiger partial charge in [-0.25, -0.2) is 0 Å². The number of thioether (sulfide) groups is 1. The third-order valence-electron chi connectivity index (χ3n) is 3.60. The number of nitrogens with zero attached hydrogens (tertiary/aromatic N) is 1. The van der Waals surface area contributed by atoms with E-state index in [2.05, 4.69) is 34.6 Å². The number of hydrogen-bond donors (Lipinski definition) is 1. The molecular weight excluding hydrogens is 336 g/mol. The molecule has 0 aliphatic carbocycles. The highest BCUT2D eigenvalue weighted by Gasteiger charge is 2.01. The van der Waals surface area contributed by atoms with Crippen molar-refractivity contribution in [3.63, 3.8) is 0 Å². The maximum Gasteiger partial charge on any atom is 0.0541 e. The summed E-state index contributed by atoms with van der Waals surface area (Å²) in [5.41, 5.74) is 3.54. The number of benzene rings is 2. The summed E-state index contributed by atoms with van der Waals surface area (Å²) in [7, 11) is 0. The molecule has 0 aliphatic rings. The van der Waals surface area contributed by atoms with Gasteiger partial charge in [0, 0.05) is 41.7 Å². The molecule has 0 unspecified atom stereocenters. The van der Waals surface area contributed by atoms with E-state index in [1.54, 1.807) is 11.8 Å². The first-order valence-corrected chi connectivity index (χ1v) is 9.27. The normalized spacial score (nSPS) is 10.7. The Morgan fingerprint density at radius 2 is 1.71 bits per heavy atom. The lowest BCUT2D eigenvalue weighted by molar-refractivity contribution is 0.730. The van der Waals surface area contributed by atoms with E-state index in [0.717, 1.165) is 34.3 Å². The molecule has 0 bridgehead atoms. The van der Waals surface area contributed by atoms with Crippen molar-refractivity contribution in [2.45, 2.75) is 11.4 Å². The summed E-state index contributed by atoms with van der Waals surface area (Å²) in [4.78, 5) is 5.49. The predicted octanol–water partition coefficient (Wildman–Crippen LogP) is 5.28. The molecule has 0 amide bonds. The van der Waals surface area contributed by atoms with Crippen LogP contribution < -0.4 is 5.32 Å². The third kappa shape index (κ3) is 4.84. The van der Waals surface area contributed by atoms with Gasteiger partial charge in [-0.1, -0.05) is 54.1 Å². The summed E-state index contributed by atoms with van der Waals surface area (Å²) in [6.45, 7) is 1.74. The molecule has 0 aliphatic heterocycles. The Balaban J connectivity index is 1.48. The van der Waals surface area contributed by atoms with E-state index in [-0.39, 0.29) is 0 Å². The van der Waals surface area contributed by atoms with Gasteiger partial charge in [-0.05, 0) is 29.3 Å². The second kappa shape index (κ2) is 8.88. The quantitative estimate of drug-likeness (QED) is 0.461. The van der Waals surface area contributed by atoms with Gasteiger partial charge in [0.2, 0.25) is 0 Å². The van der Waals surface area contributed by atoms with Crippen LogP contribution in [0.1, 0.15) is 5.56 Å². The molecule has 0 radical (unpaired) electrons. The molecule has 122 valence electrons. The summed E-state index contributed by atoms with van der Waals surface area (Å²) in [6.07, 6.45) is 3.83. The SMILES string of the molecule is Clc1ccccc1SCCNCc1cncc(-c2ccccc2)c1. The van der Waals surface area contributed by atoms with Crippen LogP contribution in [0.3, 0.4) is 0 Å². The maximum atomic E-state index is 6.16. The standard InChI is InChI=1S/C20H19ClN2S/c21-19-8-4-5-9-20(19)24-11-10-22-13-16-12-18(15-23-14-16)17-6-2-1-3-7-17/h1-9,12,14-15,22H,10-11,13H2. The van der Waals surface area contributed by atoms with Gasteiger partial charge in [-0.2, -0.15) is 0 Å². The fourth-order valence-corrected chi connectivity index (χ4v) is 3.55. The molecule has 0 atom stereocenters. The highest BCUT2D eigenvalue weighted by Crippen LogP contribution is 2.26. The molecule has 1 aromatic heterocycles. The first-order chi connectivity index (χ1) is 11.8. The van der Waals surface area contributed by atoms with Gasteiger partial charge in [-0.3, -0.25) is 4.98 Å². The number of aromatic nitrogens is 1. The van der Waals surface area contributed by atoms with E-state index in [1.807, 2.05) is 48.8 Å². The molecule has 2 aromatic carbocycles. The van der Waals surface area contributed by atoms with Gasteiger partial charge in [0.1, 0.15) is 0 Å². The Hall–Kier alpha value is -1.81. The first kappa shape index (κ1) is 17.0. The van der Waals surface area contributed by atoms with E-state index in [4.69, 9.17) is 11.6 Å². The van der Waals surface area contributed by atoms with E-state index < -0.39 is 0 Å². The fraction of sp³-hybridized carbons (Fsp3) is 0.150. The second-order valence-corrected chi connectivity index (χ2v) is 6.95. The third-order valence-corrected chi connectivity index (χ3v) is 5.12. The zero-order chi connectivity index (χ0) is 16.6. The van der Waals surface area contributed by atoms with Crippen LogP contribution in [-0.4, -0.2) is 17.3 Å². The average Bonchev–Trinajstić information content (AvgIpc) is 2.64. The van der Waals surface area contributed by atoms with E-state index >= 15 is 0 Å². The average molecular weight is 355 g/mol. The second-order valence-electron chi connectivity index (χ2n) is 5.40. The minimum absolute atomic E-state index is 0.816. The Labute approximate surface area is 152 Å². The lowest BCUT2D eigenvalue weighted by Crippen LogP contribution is -2.16. The van der Waals surface area contributed by atoms with Crippen molar-refractivity contribution in [2.24, 2.45) is 0 Å². The molecule has 1 heterocycles. The van der Waals surface area contributed by atoms with Crippen LogP contribution in [0.2, 0.25) is 5.02 Å².